The Bertz CT molecular complexity index is 394. The van der Waals surface area contributed by atoms with Crippen molar-refractivity contribution in [2.45, 2.75) is 18.4 Å². The second-order valence-corrected chi connectivity index (χ2v) is 5.90. The normalized spacial score (nSPS) is 24.6. The lowest BCUT2D eigenvalue weighted by Crippen LogP contribution is -2.49. The van der Waals surface area contributed by atoms with E-state index in [1.807, 2.05) is 11.8 Å². The van der Waals surface area contributed by atoms with Crippen LogP contribution in [0.4, 0.5) is 10.1 Å². The van der Waals surface area contributed by atoms with E-state index in [0.29, 0.717) is 17.3 Å². The van der Waals surface area contributed by atoms with Crippen molar-refractivity contribution in [3.63, 3.8) is 0 Å². The van der Waals surface area contributed by atoms with E-state index in [2.05, 4.69) is 5.32 Å². The average Bonchev–Trinajstić information content (AvgIpc) is 2.35. The topological polar surface area (TPSA) is 38.0 Å². The van der Waals surface area contributed by atoms with Crippen molar-refractivity contribution in [2.75, 3.05) is 23.4 Å². The summed E-state index contributed by atoms with van der Waals surface area (Å²) >= 11 is 7.93. The molecule has 1 saturated heterocycles. The number of nitrogens with one attached hydrogen (secondary N) is 1. The minimum absolute atomic E-state index is 0.152. The lowest BCUT2D eigenvalue weighted by atomic mass is 9.95. The number of hydrogen-bond acceptors (Lipinski definition) is 3. The Balaban J connectivity index is 2.20. The van der Waals surface area contributed by atoms with Crippen LogP contribution >= 0.6 is 23.4 Å². The maximum Gasteiger partial charge on any atom is 0.125 e. The molecule has 2 rings (SSSR count). The van der Waals surface area contributed by atoms with Gasteiger partial charge in [0.05, 0.1) is 16.2 Å². The van der Waals surface area contributed by atoms with Crippen LogP contribution in [0.15, 0.2) is 18.2 Å². The molecule has 1 aliphatic rings. The van der Waals surface area contributed by atoms with E-state index in [0.717, 1.165) is 18.6 Å². The molecule has 1 aromatic rings. The molecule has 1 aromatic carbocycles. The molecule has 2 nitrogen and oxygen atoms in total. The first-order chi connectivity index (χ1) is 8.15. The molecule has 0 bridgehead atoms. The van der Waals surface area contributed by atoms with Gasteiger partial charge in [0.15, 0.2) is 0 Å². The highest BCUT2D eigenvalue weighted by molar-refractivity contribution is 7.99. The fraction of sp³-hybridized carbons (Fsp3) is 0.500. The molecule has 17 heavy (non-hydrogen) atoms. The molecule has 0 saturated carbocycles. The van der Waals surface area contributed by atoms with Crippen LogP contribution in [0, 0.1) is 5.82 Å². The minimum Gasteiger partial charge on any atom is -0.376 e. The molecular weight excluding hydrogens is 259 g/mol. The van der Waals surface area contributed by atoms with Crippen molar-refractivity contribution in [1.82, 2.24) is 0 Å². The molecule has 94 valence electrons. The van der Waals surface area contributed by atoms with E-state index in [-0.39, 0.29) is 11.4 Å². The summed E-state index contributed by atoms with van der Waals surface area (Å²) in [6, 6.07) is 4.36. The van der Waals surface area contributed by atoms with Gasteiger partial charge in [-0.1, -0.05) is 11.6 Å². The smallest absolute Gasteiger partial charge is 0.125 e. The van der Waals surface area contributed by atoms with E-state index >= 15 is 0 Å². The van der Waals surface area contributed by atoms with Crippen molar-refractivity contribution >= 4 is 29.1 Å². The Morgan fingerprint density at radius 2 is 2.35 bits per heavy atom. The number of halogens is 2. The largest absolute Gasteiger partial charge is 0.376 e. The highest BCUT2D eigenvalue weighted by Gasteiger charge is 2.31. The molecule has 0 radical (unpaired) electrons. The van der Waals surface area contributed by atoms with Crippen molar-refractivity contribution < 1.29 is 4.39 Å². The van der Waals surface area contributed by atoms with Crippen LogP contribution in [0.2, 0.25) is 5.02 Å². The highest BCUT2D eigenvalue weighted by Crippen LogP contribution is 2.32. The number of rotatable bonds is 3. The van der Waals surface area contributed by atoms with Gasteiger partial charge in [-0.25, -0.2) is 4.39 Å². The summed E-state index contributed by atoms with van der Waals surface area (Å²) in [5.41, 5.74) is 6.35. The van der Waals surface area contributed by atoms with E-state index in [1.165, 1.54) is 17.9 Å². The third-order valence-corrected chi connectivity index (χ3v) is 4.70. The number of thioether (sulfide) groups is 1. The van der Waals surface area contributed by atoms with Gasteiger partial charge in [-0.2, -0.15) is 11.8 Å². The third kappa shape index (κ3) is 3.06. The minimum atomic E-state index is -0.285. The van der Waals surface area contributed by atoms with Gasteiger partial charge < -0.3 is 11.1 Å². The number of benzene rings is 1. The molecule has 5 heteroatoms. The quantitative estimate of drug-likeness (QED) is 0.889. The zero-order valence-electron chi connectivity index (χ0n) is 9.51. The Morgan fingerprint density at radius 3 is 3.00 bits per heavy atom. The first kappa shape index (κ1) is 13.0. The average molecular weight is 275 g/mol. The predicted molar refractivity (Wildman–Crippen MR) is 73.4 cm³/mol. The van der Waals surface area contributed by atoms with Crippen molar-refractivity contribution in [1.29, 1.82) is 0 Å². The van der Waals surface area contributed by atoms with Crippen LogP contribution in [0.5, 0.6) is 0 Å². The first-order valence-corrected chi connectivity index (χ1v) is 7.19. The third-order valence-electron chi connectivity index (χ3n) is 3.04. The molecule has 1 aliphatic heterocycles. The van der Waals surface area contributed by atoms with Crippen LogP contribution in [-0.4, -0.2) is 23.6 Å². The van der Waals surface area contributed by atoms with E-state index < -0.39 is 0 Å². The fourth-order valence-corrected chi connectivity index (χ4v) is 3.42. The monoisotopic (exact) mass is 274 g/mol. The molecule has 0 spiro atoms. The summed E-state index contributed by atoms with van der Waals surface area (Å²) in [6.07, 6.45) is 2.13. The summed E-state index contributed by atoms with van der Waals surface area (Å²) in [4.78, 5) is 0. The summed E-state index contributed by atoms with van der Waals surface area (Å²) in [5.74, 6) is 1.82. The highest BCUT2D eigenvalue weighted by atomic mass is 35.5. The maximum atomic E-state index is 13.2. The van der Waals surface area contributed by atoms with Gasteiger partial charge in [-0.05, 0) is 36.8 Å². The Morgan fingerprint density at radius 1 is 1.53 bits per heavy atom. The number of nitrogens with two attached hydrogens (primary N) is 1. The summed E-state index contributed by atoms with van der Waals surface area (Å²) in [6.45, 7) is 0.535. The molecule has 0 amide bonds. The number of anilines is 1. The molecule has 0 aromatic heterocycles. The second-order valence-electron chi connectivity index (χ2n) is 4.39. The number of hydrogen-bond donors (Lipinski definition) is 2. The van der Waals surface area contributed by atoms with Crippen molar-refractivity contribution in [3.05, 3.63) is 29.0 Å². The lowest BCUT2D eigenvalue weighted by molar-refractivity contribution is 0.475. The van der Waals surface area contributed by atoms with Crippen LogP contribution in [0.25, 0.3) is 0 Å². The SMILES string of the molecule is NCC1(Nc2cc(F)ccc2Cl)CCCSC1. The van der Waals surface area contributed by atoms with Gasteiger partial charge in [0, 0.05) is 12.3 Å². The Kier molecular flexibility index (Phi) is 4.17. The van der Waals surface area contributed by atoms with Gasteiger partial charge in [0.25, 0.3) is 0 Å². The fourth-order valence-electron chi connectivity index (χ4n) is 2.04. The summed E-state index contributed by atoms with van der Waals surface area (Å²) < 4.78 is 13.2. The standard InChI is InChI=1S/C12H16ClFN2S/c13-10-3-2-9(14)6-11(10)16-12(7-15)4-1-5-17-8-12/h2-3,6,16H,1,4-5,7-8,15H2. The van der Waals surface area contributed by atoms with Gasteiger partial charge in [0.2, 0.25) is 0 Å². The van der Waals surface area contributed by atoms with Crippen molar-refractivity contribution in [3.8, 4) is 0 Å². The molecule has 1 fully saturated rings. The molecule has 3 N–H and O–H groups in total. The van der Waals surface area contributed by atoms with Gasteiger partial charge in [-0.15, -0.1) is 0 Å². The Hall–Kier alpha value is -0.450. The van der Waals surface area contributed by atoms with Crippen LogP contribution < -0.4 is 11.1 Å². The van der Waals surface area contributed by atoms with Crippen LogP contribution in [-0.2, 0) is 0 Å². The summed E-state index contributed by atoms with van der Waals surface area (Å²) in [7, 11) is 0. The van der Waals surface area contributed by atoms with E-state index in [1.54, 1.807) is 6.07 Å². The Labute approximate surface area is 110 Å². The van der Waals surface area contributed by atoms with Crippen LogP contribution in [0.1, 0.15) is 12.8 Å². The van der Waals surface area contributed by atoms with Crippen LogP contribution in [0.3, 0.4) is 0 Å². The van der Waals surface area contributed by atoms with Gasteiger partial charge >= 0.3 is 0 Å². The van der Waals surface area contributed by atoms with Crippen molar-refractivity contribution in [2.24, 2.45) is 5.73 Å². The first-order valence-electron chi connectivity index (χ1n) is 5.66. The maximum absolute atomic E-state index is 13.2. The second kappa shape index (κ2) is 5.46. The van der Waals surface area contributed by atoms with E-state index in [9.17, 15) is 4.39 Å². The van der Waals surface area contributed by atoms with E-state index in [4.69, 9.17) is 17.3 Å². The summed E-state index contributed by atoms with van der Waals surface area (Å²) in [5, 5.41) is 3.87. The molecular formula is C12H16ClFN2S. The zero-order chi connectivity index (χ0) is 12.3. The molecule has 0 aliphatic carbocycles. The predicted octanol–water partition coefficient (Wildman–Crippen LogP) is 3.12. The van der Waals surface area contributed by atoms with Gasteiger partial charge in [-0.3, -0.25) is 0 Å². The van der Waals surface area contributed by atoms with Gasteiger partial charge in [0.1, 0.15) is 5.82 Å². The zero-order valence-corrected chi connectivity index (χ0v) is 11.1. The molecule has 1 heterocycles. The lowest BCUT2D eigenvalue weighted by Gasteiger charge is -2.37. The molecule has 1 atom stereocenters. The molecule has 1 unspecified atom stereocenters.